The van der Waals surface area contributed by atoms with Crippen molar-refractivity contribution < 1.29 is 14.6 Å². The smallest absolute Gasteiger partial charge is 0.341 e. The minimum absolute atomic E-state index is 0.311. The molecular formula is C12H13NO3. The lowest BCUT2D eigenvalue weighted by Gasteiger charge is -2.03. The zero-order valence-corrected chi connectivity index (χ0v) is 9.23. The van der Waals surface area contributed by atoms with E-state index >= 15 is 0 Å². The van der Waals surface area contributed by atoms with E-state index < -0.39 is 5.97 Å². The number of nitrogens with zero attached hydrogens (tertiary/aromatic N) is 1. The third kappa shape index (κ3) is 1.62. The average molecular weight is 219 g/mol. The molecule has 0 fully saturated rings. The number of rotatable bonds is 3. The quantitative estimate of drug-likeness (QED) is 0.858. The van der Waals surface area contributed by atoms with Gasteiger partial charge in [-0.25, -0.2) is 4.79 Å². The molecule has 2 aromatic rings. The SMILES string of the molecule is Cc1c(OCC(=O)O)c2ccccc2n1C. The Kier molecular flexibility index (Phi) is 2.56. The molecule has 0 atom stereocenters. The standard InChI is InChI=1S/C12H13NO3/c1-8-12(16-7-11(14)15)9-5-3-4-6-10(9)13(8)2/h3-6H,7H2,1-2H3,(H,14,15). The van der Waals surface area contributed by atoms with E-state index in [2.05, 4.69) is 0 Å². The summed E-state index contributed by atoms with van der Waals surface area (Å²) in [5.74, 6) is -0.312. The van der Waals surface area contributed by atoms with Gasteiger partial charge in [0.2, 0.25) is 0 Å². The summed E-state index contributed by atoms with van der Waals surface area (Å²) in [6.07, 6.45) is 0. The number of para-hydroxylation sites is 1. The van der Waals surface area contributed by atoms with Gasteiger partial charge in [0.15, 0.2) is 6.61 Å². The van der Waals surface area contributed by atoms with Gasteiger partial charge in [0, 0.05) is 12.4 Å². The summed E-state index contributed by atoms with van der Waals surface area (Å²) < 4.78 is 7.30. The molecule has 0 spiro atoms. The molecule has 1 aromatic heterocycles. The number of carboxylic acids is 1. The van der Waals surface area contributed by atoms with Crippen LogP contribution in [0.25, 0.3) is 10.9 Å². The van der Waals surface area contributed by atoms with Crippen LogP contribution in [0.5, 0.6) is 5.75 Å². The topological polar surface area (TPSA) is 51.5 Å². The van der Waals surface area contributed by atoms with Gasteiger partial charge in [-0.05, 0) is 19.1 Å². The van der Waals surface area contributed by atoms with E-state index in [1.165, 1.54) is 0 Å². The number of hydrogen-bond donors (Lipinski definition) is 1. The lowest BCUT2D eigenvalue weighted by atomic mass is 10.2. The minimum Gasteiger partial charge on any atom is -0.479 e. The molecule has 0 radical (unpaired) electrons. The summed E-state index contributed by atoms with van der Waals surface area (Å²) in [6, 6.07) is 7.77. The van der Waals surface area contributed by atoms with E-state index in [-0.39, 0.29) is 6.61 Å². The Morgan fingerprint density at radius 3 is 2.81 bits per heavy atom. The lowest BCUT2D eigenvalue weighted by molar-refractivity contribution is -0.139. The van der Waals surface area contributed by atoms with E-state index in [1.54, 1.807) is 0 Å². The molecule has 1 aromatic carbocycles. The van der Waals surface area contributed by atoms with Gasteiger partial charge in [-0.15, -0.1) is 0 Å². The normalized spacial score (nSPS) is 10.6. The molecule has 2 rings (SSSR count). The van der Waals surface area contributed by atoms with Crippen molar-refractivity contribution in [2.45, 2.75) is 6.92 Å². The predicted octanol–water partition coefficient (Wildman–Crippen LogP) is 1.95. The van der Waals surface area contributed by atoms with E-state index in [0.29, 0.717) is 5.75 Å². The maximum Gasteiger partial charge on any atom is 0.341 e. The van der Waals surface area contributed by atoms with Crippen molar-refractivity contribution in [3.05, 3.63) is 30.0 Å². The van der Waals surface area contributed by atoms with E-state index in [0.717, 1.165) is 16.6 Å². The largest absolute Gasteiger partial charge is 0.479 e. The molecule has 0 saturated heterocycles. The Morgan fingerprint density at radius 1 is 1.44 bits per heavy atom. The van der Waals surface area contributed by atoms with Crippen LogP contribution in [0.4, 0.5) is 0 Å². The molecule has 0 aliphatic heterocycles. The van der Waals surface area contributed by atoms with E-state index in [4.69, 9.17) is 9.84 Å². The number of carboxylic acid groups (broad SMARTS) is 1. The number of aromatic nitrogens is 1. The fourth-order valence-electron chi connectivity index (χ4n) is 1.80. The van der Waals surface area contributed by atoms with Gasteiger partial charge in [-0.2, -0.15) is 0 Å². The Labute approximate surface area is 93.1 Å². The maximum absolute atomic E-state index is 10.5. The van der Waals surface area contributed by atoms with Crippen LogP contribution in [0.2, 0.25) is 0 Å². The number of aryl methyl sites for hydroxylation is 1. The molecule has 16 heavy (non-hydrogen) atoms. The molecule has 1 N–H and O–H groups in total. The molecule has 0 amide bonds. The van der Waals surface area contributed by atoms with Crippen molar-refractivity contribution in [3.8, 4) is 5.75 Å². The first-order valence-corrected chi connectivity index (χ1v) is 5.00. The predicted molar refractivity (Wildman–Crippen MR) is 60.8 cm³/mol. The molecule has 0 unspecified atom stereocenters. The summed E-state index contributed by atoms with van der Waals surface area (Å²) >= 11 is 0. The molecule has 0 aliphatic rings. The molecule has 4 nitrogen and oxygen atoms in total. The maximum atomic E-state index is 10.5. The van der Waals surface area contributed by atoms with Crippen LogP contribution in [0.1, 0.15) is 5.69 Å². The number of fused-ring (bicyclic) bond motifs is 1. The van der Waals surface area contributed by atoms with Gasteiger partial charge in [-0.1, -0.05) is 12.1 Å². The van der Waals surface area contributed by atoms with Crippen molar-refractivity contribution >= 4 is 16.9 Å². The fraction of sp³-hybridized carbons (Fsp3) is 0.250. The summed E-state index contributed by atoms with van der Waals surface area (Å²) in [5, 5.41) is 9.56. The summed E-state index contributed by atoms with van der Waals surface area (Å²) in [5.41, 5.74) is 1.97. The van der Waals surface area contributed by atoms with Crippen LogP contribution in [0, 0.1) is 6.92 Å². The Bertz CT molecular complexity index is 542. The molecule has 4 heteroatoms. The summed E-state index contributed by atoms with van der Waals surface area (Å²) in [6.45, 7) is 1.60. The van der Waals surface area contributed by atoms with E-state index in [1.807, 2.05) is 42.8 Å². The van der Waals surface area contributed by atoms with Gasteiger partial charge in [0.25, 0.3) is 0 Å². The molecule has 0 saturated carbocycles. The second kappa shape index (κ2) is 3.89. The van der Waals surface area contributed by atoms with Gasteiger partial charge in [0.05, 0.1) is 11.2 Å². The zero-order chi connectivity index (χ0) is 11.7. The number of ether oxygens (including phenoxy) is 1. The van der Waals surface area contributed by atoms with Crippen LogP contribution < -0.4 is 4.74 Å². The second-order valence-electron chi connectivity index (χ2n) is 3.67. The highest BCUT2D eigenvalue weighted by atomic mass is 16.5. The fourth-order valence-corrected chi connectivity index (χ4v) is 1.80. The summed E-state index contributed by atoms with van der Waals surface area (Å²) in [4.78, 5) is 10.5. The Morgan fingerprint density at radius 2 is 2.12 bits per heavy atom. The van der Waals surface area contributed by atoms with E-state index in [9.17, 15) is 4.79 Å². The molecule has 0 bridgehead atoms. The van der Waals surface area contributed by atoms with Crippen molar-refractivity contribution in [1.82, 2.24) is 4.57 Å². The first-order chi connectivity index (χ1) is 7.61. The minimum atomic E-state index is -0.965. The van der Waals surface area contributed by atoms with Crippen molar-refractivity contribution in [2.24, 2.45) is 7.05 Å². The number of benzene rings is 1. The average Bonchev–Trinajstić information content (AvgIpc) is 2.50. The highest BCUT2D eigenvalue weighted by Gasteiger charge is 2.13. The van der Waals surface area contributed by atoms with Crippen LogP contribution >= 0.6 is 0 Å². The van der Waals surface area contributed by atoms with Crippen LogP contribution in [-0.4, -0.2) is 22.2 Å². The third-order valence-corrected chi connectivity index (χ3v) is 2.68. The first kappa shape index (κ1) is 10.5. The molecule has 1 heterocycles. The second-order valence-corrected chi connectivity index (χ2v) is 3.67. The van der Waals surface area contributed by atoms with Gasteiger partial charge in [0.1, 0.15) is 5.75 Å². The van der Waals surface area contributed by atoms with Crippen LogP contribution in [0.3, 0.4) is 0 Å². The van der Waals surface area contributed by atoms with Crippen molar-refractivity contribution in [1.29, 1.82) is 0 Å². The van der Waals surface area contributed by atoms with Crippen LogP contribution in [0.15, 0.2) is 24.3 Å². The zero-order valence-electron chi connectivity index (χ0n) is 9.23. The lowest BCUT2D eigenvalue weighted by Crippen LogP contribution is -2.09. The summed E-state index contributed by atoms with van der Waals surface area (Å²) in [7, 11) is 1.94. The van der Waals surface area contributed by atoms with Gasteiger partial charge in [-0.3, -0.25) is 0 Å². The number of carbonyl (C=O) groups is 1. The van der Waals surface area contributed by atoms with Crippen molar-refractivity contribution in [3.63, 3.8) is 0 Å². The van der Waals surface area contributed by atoms with Crippen LogP contribution in [-0.2, 0) is 11.8 Å². The Balaban J connectivity index is 2.51. The van der Waals surface area contributed by atoms with Crippen molar-refractivity contribution in [2.75, 3.05) is 6.61 Å². The molecule has 0 aliphatic carbocycles. The van der Waals surface area contributed by atoms with Gasteiger partial charge >= 0.3 is 5.97 Å². The molecule has 84 valence electrons. The van der Waals surface area contributed by atoms with Gasteiger partial charge < -0.3 is 14.4 Å². The third-order valence-electron chi connectivity index (χ3n) is 2.68. The molecular weight excluding hydrogens is 206 g/mol. The highest BCUT2D eigenvalue weighted by Crippen LogP contribution is 2.31. The first-order valence-electron chi connectivity index (χ1n) is 5.00. The monoisotopic (exact) mass is 219 g/mol. The number of hydrogen-bond acceptors (Lipinski definition) is 2. The highest BCUT2D eigenvalue weighted by molar-refractivity contribution is 5.88. The Hall–Kier alpha value is -1.97. The number of aliphatic carboxylic acids is 1.